The van der Waals surface area contributed by atoms with Crippen LogP contribution in [0.2, 0.25) is 0 Å². The number of rotatable bonds is 4. The molecule has 2 rings (SSSR count). The molecule has 2 aromatic rings. The molecule has 0 amide bonds. The number of hydrogen-bond acceptors (Lipinski definition) is 2. The van der Waals surface area contributed by atoms with Crippen LogP contribution in [0.3, 0.4) is 0 Å². The largest absolute Gasteiger partial charge is 0.488 e. The Labute approximate surface area is 110 Å². The van der Waals surface area contributed by atoms with Gasteiger partial charge in [0, 0.05) is 5.56 Å². The normalized spacial score (nSPS) is 10.2. The van der Waals surface area contributed by atoms with E-state index in [0.717, 1.165) is 5.56 Å². The maximum atomic E-state index is 13.4. The number of carboxylic acid groups (broad SMARTS) is 1. The van der Waals surface area contributed by atoms with Crippen molar-refractivity contribution in [2.75, 3.05) is 0 Å². The van der Waals surface area contributed by atoms with Crippen LogP contribution in [0.5, 0.6) is 5.75 Å². The first-order valence-electron chi connectivity index (χ1n) is 5.78. The molecular formula is C15H13FO3. The monoisotopic (exact) mass is 260 g/mol. The summed E-state index contributed by atoms with van der Waals surface area (Å²) in [6.45, 7) is 1.87. The number of halogens is 1. The molecule has 0 saturated carbocycles. The number of aromatic carboxylic acids is 1. The fourth-order valence-electron chi connectivity index (χ4n) is 1.66. The smallest absolute Gasteiger partial charge is 0.335 e. The standard InChI is InChI=1S/C15H13FO3/c1-10-6-7-11(15(17)18)8-14(10)19-9-12-4-2-3-5-13(12)16/h2-8H,9H2,1H3,(H,17,18). The third kappa shape index (κ3) is 3.10. The van der Waals surface area contributed by atoms with Gasteiger partial charge in [0.25, 0.3) is 0 Å². The fraction of sp³-hybridized carbons (Fsp3) is 0.133. The van der Waals surface area contributed by atoms with Crippen molar-refractivity contribution in [2.24, 2.45) is 0 Å². The number of carbonyl (C=O) groups is 1. The SMILES string of the molecule is Cc1ccc(C(=O)O)cc1OCc1ccccc1F. The van der Waals surface area contributed by atoms with Crippen molar-refractivity contribution in [1.29, 1.82) is 0 Å². The molecule has 0 unspecified atom stereocenters. The zero-order valence-corrected chi connectivity index (χ0v) is 10.4. The lowest BCUT2D eigenvalue weighted by Gasteiger charge is -2.10. The highest BCUT2D eigenvalue weighted by Gasteiger charge is 2.08. The van der Waals surface area contributed by atoms with Crippen LogP contribution in [-0.2, 0) is 6.61 Å². The van der Waals surface area contributed by atoms with Crippen LogP contribution in [0.25, 0.3) is 0 Å². The van der Waals surface area contributed by atoms with E-state index in [1.54, 1.807) is 24.3 Å². The van der Waals surface area contributed by atoms with Crippen molar-refractivity contribution in [2.45, 2.75) is 13.5 Å². The van der Waals surface area contributed by atoms with Gasteiger partial charge in [0.05, 0.1) is 5.56 Å². The summed E-state index contributed by atoms with van der Waals surface area (Å²) in [4.78, 5) is 10.9. The van der Waals surface area contributed by atoms with Gasteiger partial charge < -0.3 is 9.84 Å². The van der Waals surface area contributed by atoms with Gasteiger partial charge in [0.2, 0.25) is 0 Å². The Balaban J connectivity index is 2.17. The van der Waals surface area contributed by atoms with Crippen molar-refractivity contribution in [3.63, 3.8) is 0 Å². The highest BCUT2D eigenvalue weighted by molar-refractivity contribution is 5.88. The van der Waals surface area contributed by atoms with Crippen molar-refractivity contribution in [1.82, 2.24) is 0 Å². The lowest BCUT2D eigenvalue weighted by molar-refractivity contribution is 0.0696. The van der Waals surface area contributed by atoms with Crippen LogP contribution >= 0.6 is 0 Å². The van der Waals surface area contributed by atoms with E-state index in [2.05, 4.69) is 0 Å². The number of aryl methyl sites for hydroxylation is 1. The Hall–Kier alpha value is -2.36. The minimum Gasteiger partial charge on any atom is -0.488 e. The third-order valence-corrected chi connectivity index (χ3v) is 2.78. The lowest BCUT2D eigenvalue weighted by atomic mass is 10.1. The van der Waals surface area contributed by atoms with Crippen LogP contribution in [0.1, 0.15) is 21.5 Å². The molecule has 0 atom stereocenters. The number of hydrogen-bond donors (Lipinski definition) is 1. The van der Waals surface area contributed by atoms with E-state index in [-0.39, 0.29) is 18.0 Å². The summed E-state index contributed by atoms with van der Waals surface area (Å²) in [5.41, 5.74) is 1.39. The van der Waals surface area contributed by atoms with Crippen LogP contribution < -0.4 is 4.74 Å². The van der Waals surface area contributed by atoms with Crippen LogP contribution in [-0.4, -0.2) is 11.1 Å². The van der Waals surface area contributed by atoms with Crippen molar-refractivity contribution in [3.8, 4) is 5.75 Å². The number of benzene rings is 2. The molecule has 0 radical (unpaired) electrons. The maximum Gasteiger partial charge on any atom is 0.335 e. The second-order valence-corrected chi connectivity index (χ2v) is 4.17. The topological polar surface area (TPSA) is 46.5 Å². The van der Waals surface area contributed by atoms with Crippen LogP contribution in [0, 0.1) is 12.7 Å². The van der Waals surface area contributed by atoms with Gasteiger partial charge >= 0.3 is 5.97 Å². The summed E-state index contributed by atoms with van der Waals surface area (Å²) in [5.74, 6) is -0.909. The Morgan fingerprint density at radius 1 is 1.26 bits per heavy atom. The maximum absolute atomic E-state index is 13.4. The first kappa shape index (κ1) is 13.1. The Bertz CT molecular complexity index is 608. The molecular weight excluding hydrogens is 247 g/mol. The molecule has 2 aromatic carbocycles. The molecule has 0 bridgehead atoms. The third-order valence-electron chi connectivity index (χ3n) is 2.78. The fourth-order valence-corrected chi connectivity index (χ4v) is 1.66. The van der Waals surface area contributed by atoms with Gasteiger partial charge in [-0.05, 0) is 30.7 Å². The zero-order valence-electron chi connectivity index (χ0n) is 10.4. The lowest BCUT2D eigenvalue weighted by Crippen LogP contribution is -2.02. The molecule has 0 fully saturated rings. The molecule has 0 saturated heterocycles. The second kappa shape index (κ2) is 5.52. The number of carboxylic acids is 1. The summed E-state index contributed by atoms with van der Waals surface area (Å²) in [6.07, 6.45) is 0. The van der Waals surface area contributed by atoms with Gasteiger partial charge in [0.1, 0.15) is 18.2 Å². The average Bonchev–Trinajstić information content (AvgIpc) is 2.39. The average molecular weight is 260 g/mol. The Morgan fingerprint density at radius 3 is 2.68 bits per heavy atom. The van der Waals surface area contributed by atoms with Gasteiger partial charge in [0.15, 0.2) is 0 Å². The molecule has 1 N–H and O–H groups in total. The van der Waals surface area contributed by atoms with E-state index in [1.807, 2.05) is 6.92 Å². The molecule has 19 heavy (non-hydrogen) atoms. The van der Waals surface area contributed by atoms with E-state index >= 15 is 0 Å². The molecule has 0 spiro atoms. The minimum absolute atomic E-state index is 0.0661. The molecule has 98 valence electrons. The van der Waals surface area contributed by atoms with Gasteiger partial charge in [-0.2, -0.15) is 0 Å². The van der Waals surface area contributed by atoms with E-state index in [0.29, 0.717) is 11.3 Å². The first-order chi connectivity index (χ1) is 9.08. The van der Waals surface area contributed by atoms with Crippen molar-refractivity contribution < 1.29 is 19.0 Å². The van der Waals surface area contributed by atoms with Crippen LogP contribution in [0.4, 0.5) is 4.39 Å². The highest BCUT2D eigenvalue weighted by atomic mass is 19.1. The highest BCUT2D eigenvalue weighted by Crippen LogP contribution is 2.21. The van der Waals surface area contributed by atoms with E-state index in [4.69, 9.17) is 9.84 Å². The van der Waals surface area contributed by atoms with E-state index in [1.165, 1.54) is 18.2 Å². The predicted molar refractivity (Wildman–Crippen MR) is 68.9 cm³/mol. The van der Waals surface area contributed by atoms with Crippen LogP contribution in [0.15, 0.2) is 42.5 Å². The molecule has 0 aliphatic rings. The zero-order chi connectivity index (χ0) is 13.8. The Kier molecular flexibility index (Phi) is 3.80. The Morgan fingerprint density at radius 2 is 2.00 bits per heavy atom. The summed E-state index contributed by atoms with van der Waals surface area (Å²) in [7, 11) is 0. The quantitative estimate of drug-likeness (QED) is 0.916. The van der Waals surface area contributed by atoms with E-state index < -0.39 is 5.97 Å². The molecule has 4 heteroatoms. The molecule has 0 aromatic heterocycles. The van der Waals surface area contributed by atoms with E-state index in [9.17, 15) is 9.18 Å². The molecule has 0 aliphatic heterocycles. The predicted octanol–water partition coefficient (Wildman–Crippen LogP) is 3.41. The summed E-state index contributed by atoms with van der Waals surface area (Å²) in [5, 5.41) is 8.91. The second-order valence-electron chi connectivity index (χ2n) is 4.17. The van der Waals surface area contributed by atoms with Crippen molar-refractivity contribution in [3.05, 3.63) is 65.0 Å². The first-order valence-corrected chi connectivity index (χ1v) is 5.78. The minimum atomic E-state index is -1.02. The summed E-state index contributed by atoms with van der Waals surface area (Å²) < 4.78 is 18.9. The van der Waals surface area contributed by atoms with Gasteiger partial charge in [-0.1, -0.05) is 24.3 Å². The summed E-state index contributed by atoms with van der Waals surface area (Å²) in [6, 6.07) is 10.9. The summed E-state index contributed by atoms with van der Waals surface area (Å²) >= 11 is 0. The molecule has 0 heterocycles. The molecule has 3 nitrogen and oxygen atoms in total. The molecule has 0 aliphatic carbocycles. The van der Waals surface area contributed by atoms with Gasteiger partial charge in [-0.25, -0.2) is 9.18 Å². The van der Waals surface area contributed by atoms with Gasteiger partial charge in [-0.15, -0.1) is 0 Å². The number of ether oxygens (including phenoxy) is 1. The van der Waals surface area contributed by atoms with Gasteiger partial charge in [-0.3, -0.25) is 0 Å². The van der Waals surface area contributed by atoms with Crippen molar-refractivity contribution >= 4 is 5.97 Å².